The molecule has 3 heteroatoms. The van der Waals surface area contributed by atoms with Crippen LogP contribution in [-0.2, 0) is 4.79 Å². The van der Waals surface area contributed by atoms with Crippen molar-refractivity contribution < 1.29 is 9.90 Å². The Hall–Kier alpha value is -0.990. The van der Waals surface area contributed by atoms with Crippen molar-refractivity contribution in [3.8, 4) is 0 Å². The number of carboxylic acids is 1. The van der Waals surface area contributed by atoms with Crippen LogP contribution in [0.1, 0.15) is 47.5 Å². The van der Waals surface area contributed by atoms with Gasteiger partial charge in [0.05, 0.1) is 5.92 Å². The first-order chi connectivity index (χ1) is 6.41. The Morgan fingerprint density at radius 3 is 1.86 bits per heavy atom. The maximum atomic E-state index is 10.1. The third kappa shape index (κ3) is 30.5. The fraction of sp³-hybridized carbons (Fsp3) is 0.727. The van der Waals surface area contributed by atoms with Gasteiger partial charge in [0.25, 0.3) is 0 Å². The number of hydrogen-bond donors (Lipinski definition) is 2. The Morgan fingerprint density at radius 1 is 1.50 bits per heavy atom. The van der Waals surface area contributed by atoms with Crippen LogP contribution in [0.5, 0.6) is 0 Å². The molecule has 0 amide bonds. The van der Waals surface area contributed by atoms with Crippen LogP contribution in [0.3, 0.4) is 0 Å². The van der Waals surface area contributed by atoms with Gasteiger partial charge < -0.3 is 10.8 Å². The highest BCUT2D eigenvalue weighted by Gasteiger charge is 2.07. The highest BCUT2D eigenvalue weighted by atomic mass is 16.4. The number of rotatable bonds is 3. The third-order valence-electron chi connectivity index (χ3n) is 1.14. The Bertz CT molecular complexity index is 140. The van der Waals surface area contributed by atoms with Gasteiger partial charge in [-0.3, -0.25) is 4.79 Å². The Morgan fingerprint density at radius 2 is 1.79 bits per heavy atom. The lowest BCUT2D eigenvalue weighted by molar-refractivity contribution is -0.141. The molecular weight excluding hydrogens is 178 g/mol. The van der Waals surface area contributed by atoms with E-state index < -0.39 is 5.97 Å². The smallest absolute Gasteiger partial charge is 0.306 e. The van der Waals surface area contributed by atoms with Crippen molar-refractivity contribution in [2.75, 3.05) is 0 Å². The van der Waals surface area contributed by atoms with E-state index in [1.165, 1.54) is 0 Å². The van der Waals surface area contributed by atoms with E-state index in [1.807, 2.05) is 20.8 Å². The molecule has 14 heavy (non-hydrogen) atoms. The van der Waals surface area contributed by atoms with E-state index in [4.69, 9.17) is 10.8 Å². The van der Waals surface area contributed by atoms with E-state index >= 15 is 0 Å². The van der Waals surface area contributed by atoms with Crippen molar-refractivity contribution in [2.24, 2.45) is 11.7 Å². The van der Waals surface area contributed by atoms with Crippen LogP contribution in [0.15, 0.2) is 12.3 Å². The summed E-state index contributed by atoms with van der Waals surface area (Å²) < 4.78 is 0. The summed E-state index contributed by atoms with van der Waals surface area (Å²) in [5, 5.41) is 8.31. The monoisotopic (exact) mass is 203 g/mol. The summed E-state index contributed by atoms with van der Waals surface area (Å²) in [6.07, 6.45) is 1.74. The van der Waals surface area contributed by atoms with Crippen molar-refractivity contribution in [1.82, 2.24) is 0 Å². The van der Waals surface area contributed by atoms with Gasteiger partial charge in [-0.25, -0.2) is 0 Å². The molecule has 0 aliphatic rings. The minimum Gasteiger partial charge on any atom is -0.481 e. The molecule has 0 aromatic carbocycles. The lowest BCUT2D eigenvalue weighted by atomic mass is 10.1. The Labute approximate surface area is 88.0 Å². The predicted octanol–water partition coefficient (Wildman–Crippen LogP) is 3.01. The van der Waals surface area contributed by atoms with E-state index in [0.29, 0.717) is 5.70 Å². The summed E-state index contributed by atoms with van der Waals surface area (Å²) in [7, 11) is 0. The van der Waals surface area contributed by atoms with Crippen LogP contribution in [0.25, 0.3) is 0 Å². The fourth-order valence-electron chi connectivity index (χ4n) is 0.556. The van der Waals surface area contributed by atoms with Crippen LogP contribution in [0, 0.1) is 5.92 Å². The molecule has 0 bridgehead atoms. The van der Waals surface area contributed by atoms with E-state index in [2.05, 4.69) is 6.58 Å². The average molecular weight is 203 g/mol. The summed E-state index contributed by atoms with van der Waals surface area (Å²) in [4.78, 5) is 10.1. The molecule has 86 valence electrons. The van der Waals surface area contributed by atoms with Crippen molar-refractivity contribution in [1.29, 1.82) is 0 Å². The van der Waals surface area contributed by atoms with Crippen molar-refractivity contribution in [2.45, 2.75) is 47.5 Å². The molecule has 0 aliphatic heterocycles. The lowest BCUT2D eigenvalue weighted by Crippen LogP contribution is -2.08. The standard InChI is InChI=1S/C6H12O2.C3H7N.C2H6/c1-3-4-5(2)6(7)8;1-3(2)4;1-2/h5H,3-4H2,1-2H3,(H,7,8);1,4H2,2H3;1-2H3. The average Bonchev–Trinajstić information content (AvgIpc) is 2.07. The second-order valence-electron chi connectivity index (χ2n) is 2.87. The van der Waals surface area contributed by atoms with E-state index in [1.54, 1.807) is 13.8 Å². The maximum Gasteiger partial charge on any atom is 0.306 e. The van der Waals surface area contributed by atoms with E-state index in [-0.39, 0.29) is 5.92 Å². The van der Waals surface area contributed by atoms with Crippen molar-refractivity contribution in [3.63, 3.8) is 0 Å². The molecule has 3 nitrogen and oxygen atoms in total. The minimum absolute atomic E-state index is 0.167. The second kappa shape index (κ2) is 14.5. The molecule has 1 atom stereocenters. The number of allylic oxidation sites excluding steroid dienone is 1. The summed E-state index contributed by atoms with van der Waals surface area (Å²) >= 11 is 0. The molecule has 0 radical (unpaired) electrons. The van der Waals surface area contributed by atoms with Crippen LogP contribution >= 0.6 is 0 Å². The molecule has 0 saturated carbocycles. The molecule has 0 spiro atoms. The summed E-state index contributed by atoms with van der Waals surface area (Å²) in [5.74, 6) is -0.855. The largest absolute Gasteiger partial charge is 0.481 e. The molecule has 0 saturated heterocycles. The number of hydrogen-bond acceptors (Lipinski definition) is 2. The summed E-state index contributed by atoms with van der Waals surface area (Å²) in [5.41, 5.74) is 5.58. The zero-order valence-electron chi connectivity index (χ0n) is 10.1. The number of nitrogens with two attached hydrogens (primary N) is 1. The number of aliphatic carboxylic acids is 1. The first-order valence-corrected chi connectivity index (χ1v) is 5.05. The van der Waals surface area contributed by atoms with Gasteiger partial charge >= 0.3 is 5.97 Å². The molecule has 0 fully saturated rings. The van der Waals surface area contributed by atoms with Gasteiger partial charge in [0.2, 0.25) is 0 Å². The van der Waals surface area contributed by atoms with Crippen LogP contribution in [0.2, 0.25) is 0 Å². The summed E-state index contributed by atoms with van der Waals surface area (Å²) in [6.45, 7) is 12.8. The maximum absolute atomic E-state index is 10.1. The van der Waals surface area contributed by atoms with Gasteiger partial charge in [0, 0.05) is 0 Å². The molecule has 3 N–H and O–H groups in total. The topological polar surface area (TPSA) is 63.3 Å². The SMILES string of the molecule is C=C(C)N.CC.CCCC(C)C(=O)O. The predicted molar refractivity (Wildman–Crippen MR) is 62.1 cm³/mol. The van der Waals surface area contributed by atoms with E-state index in [9.17, 15) is 4.79 Å². The highest BCUT2D eigenvalue weighted by molar-refractivity contribution is 5.69. The fourth-order valence-corrected chi connectivity index (χ4v) is 0.556. The molecule has 0 aromatic rings. The molecule has 0 heterocycles. The first-order valence-electron chi connectivity index (χ1n) is 5.05. The van der Waals surface area contributed by atoms with Crippen LogP contribution in [0.4, 0.5) is 0 Å². The quantitative estimate of drug-likeness (QED) is 0.741. The van der Waals surface area contributed by atoms with Gasteiger partial charge in [0.1, 0.15) is 0 Å². The lowest BCUT2D eigenvalue weighted by Gasteiger charge is -2.00. The first kappa shape index (κ1) is 18.7. The Kier molecular flexibility index (Phi) is 19.4. The minimum atomic E-state index is -0.688. The molecule has 0 rings (SSSR count). The number of carboxylic acid groups (broad SMARTS) is 1. The van der Waals surface area contributed by atoms with Gasteiger partial charge in [0.15, 0.2) is 0 Å². The Balaban J connectivity index is -0.000000170. The zero-order chi connectivity index (χ0) is 12.1. The molecule has 0 aliphatic carbocycles. The second-order valence-corrected chi connectivity index (χ2v) is 2.87. The van der Waals surface area contributed by atoms with Gasteiger partial charge in [-0.15, -0.1) is 0 Å². The van der Waals surface area contributed by atoms with Crippen LogP contribution < -0.4 is 5.73 Å². The van der Waals surface area contributed by atoms with E-state index in [0.717, 1.165) is 12.8 Å². The highest BCUT2D eigenvalue weighted by Crippen LogP contribution is 2.03. The number of carbonyl (C=O) groups is 1. The van der Waals surface area contributed by atoms with Crippen molar-refractivity contribution >= 4 is 5.97 Å². The molecule has 1 unspecified atom stereocenters. The van der Waals surface area contributed by atoms with Crippen LogP contribution in [-0.4, -0.2) is 11.1 Å². The van der Waals surface area contributed by atoms with Gasteiger partial charge in [-0.2, -0.15) is 0 Å². The van der Waals surface area contributed by atoms with Crippen molar-refractivity contribution in [3.05, 3.63) is 12.3 Å². The molecule has 0 aromatic heterocycles. The molecular formula is C11H25NO2. The van der Waals surface area contributed by atoms with Gasteiger partial charge in [-0.05, 0) is 19.0 Å². The zero-order valence-corrected chi connectivity index (χ0v) is 10.1. The normalized spacial score (nSPS) is 9.79. The van der Waals surface area contributed by atoms with Gasteiger partial charge in [-0.1, -0.05) is 40.7 Å². The third-order valence-corrected chi connectivity index (χ3v) is 1.14. The summed E-state index contributed by atoms with van der Waals surface area (Å²) in [6, 6.07) is 0.